The number of amides is 4. The van der Waals surface area contributed by atoms with Gasteiger partial charge in [-0.3, -0.25) is 38.4 Å². The number of carbonyl (C=O) groups excluding carboxylic acids is 4. The molecule has 12 nitrogen and oxygen atoms in total. The van der Waals surface area contributed by atoms with Crippen LogP contribution in [0.15, 0.2) is 213 Å². The van der Waals surface area contributed by atoms with Crippen molar-refractivity contribution in [1.29, 1.82) is 0 Å². The van der Waals surface area contributed by atoms with Crippen molar-refractivity contribution in [3.63, 3.8) is 0 Å². The van der Waals surface area contributed by atoms with Gasteiger partial charge in [-0.2, -0.15) is 0 Å². The summed E-state index contributed by atoms with van der Waals surface area (Å²) < 4.78 is 5.76. The maximum absolute atomic E-state index is 13.7. The van der Waals surface area contributed by atoms with Crippen molar-refractivity contribution in [3.8, 4) is 0 Å². The topological polar surface area (TPSA) is 185 Å². The molecule has 428 valence electrons. The van der Waals surface area contributed by atoms with E-state index in [0.29, 0.717) is 117 Å². The van der Waals surface area contributed by atoms with Gasteiger partial charge in [-0.05, 0) is 184 Å². The second-order valence-corrected chi connectivity index (χ2v) is 26.0. The van der Waals surface area contributed by atoms with Crippen LogP contribution in [-0.4, -0.2) is 23.6 Å². The minimum Gasteiger partial charge on any atom is -0.322 e. The van der Waals surface area contributed by atoms with Gasteiger partial charge < -0.3 is 21.3 Å². The molecule has 0 saturated carbocycles. The maximum atomic E-state index is 13.7. The zero-order chi connectivity index (χ0) is 61.1. The Morgan fingerprint density at radius 1 is 0.273 bits per heavy atom. The SMILES string of the molecule is Cc1ccc(C(=O)Nc2ccc3sc4cc5c(=O)c6cc(NC(=O)c7ccc(C)cc7)ccc6sc5cc4c(=O)c3c2)cc1.O=C(Nc1ccc2sc3cc4c(=O)c5cc(NC(=O)c6ccc(Cl)cc6)ccc5sc4cc3c(=O)c2c1)c1ccc(Cl)cc1. The van der Waals surface area contributed by atoms with Crippen LogP contribution in [0, 0.1) is 13.8 Å². The summed E-state index contributed by atoms with van der Waals surface area (Å²) in [5.74, 6) is -1.12. The highest BCUT2D eigenvalue weighted by atomic mass is 35.5. The molecule has 18 heteroatoms. The molecule has 88 heavy (non-hydrogen) atoms. The lowest BCUT2D eigenvalue weighted by molar-refractivity contribution is 0.101. The van der Waals surface area contributed by atoms with Crippen molar-refractivity contribution < 1.29 is 19.2 Å². The Bertz CT molecular complexity index is 4870. The lowest BCUT2D eigenvalue weighted by Gasteiger charge is -2.09. The molecular weight excluding hydrogens is 1220 g/mol. The van der Waals surface area contributed by atoms with Crippen LogP contribution in [0.5, 0.6) is 0 Å². The second-order valence-electron chi connectivity index (χ2n) is 20.8. The van der Waals surface area contributed by atoms with Crippen LogP contribution >= 0.6 is 68.5 Å². The summed E-state index contributed by atoms with van der Waals surface area (Å²) in [5, 5.41) is 16.5. The van der Waals surface area contributed by atoms with Gasteiger partial charge in [0.1, 0.15) is 0 Å². The Hall–Kier alpha value is -9.78. The summed E-state index contributed by atoms with van der Waals surface area (Å²) in [6, 6.07) is 55.8. The van der Waals surface area contributed by atoms with Crippen molar-refractivity contribution >= 4 is 196 Å². The van der Waals surface area contributed by atoms with Crippen LogP contribution in [0.3, 0.4) is 0 Å². The number of carbonyl (C=O) groups is 4. The number of aryl methyl sites for hydroxylation is 2. The minimum atomic E-state index is -0.312. The van der Waals surface area contributed by atoms with E-state index in [0.717, 1.165) is 29.9 Å². The second kappa shape index (κ2) is 23.5. The average molecular weight is 1270 g/mol. The zero-order valence-corrected chi connectivity index (χ0v) is 50.9. The molecule has 14 rings (SSSR count). The summed E-state index contributed by atoms with van der Waals surface area (Å²) in [6.07, 6.45) is 0. The van der Waals surface area contributed by atoms with E-state index in [-0.39, 0.29) is 45.3 Å². The Morgan fingerprint density at radius 2 is 0.477 bits per heavy atom. The van der Waals surface area contributed by atoms with E-state index in [1.54, 1.807) is 158 Å². The normalized spacial score (nSPS) is 11.3. The quantitative estimate of drug-likeness (QED) is 0.108. The standard InChI is InChI=1S/C36H24N2O4S2.C34H18Cl2N2O4S2/c1-19-3-7-21(8-4-19)35(41)37-23-11-13-29-25(15-23)33(39)27-17-32-28(18-31(27)43-29)34(40)26-16-24(12-14-30(26)44-32)38-36(42)22-9-5-20(2)6-10-22;35-19-5-1-17(2-6-19)33(41)37-21-9-11-27-23(13-21)31(39)25-15-30-26(16-29(25)43-27)32(40)24-14-22(10-12-28(24)44-30)38-34(42)18-3-7-20(36)8-4-18/h3-18H,1-2H3,(H,37,41)(H,38,42);1-16H,(H,37,41)(H,38,42). The van der Waals surface area contributed by atoms with Crippen LogP contribution in [0.1, 0.15) is 52.6 Å². The first kappa shape index (κ1) is 57.3. The molecule has 0 unspecified atom stereocenters. The molecule has 4 amide bonds. The molecule has 0 spiro atoms. The van der Waals surface area contributed by atoms with Gasteiger partial charge in [0.25, 0.3) is 23.6 Å². The first-order valence-corrected chi connectivity index (χ1v) is 31.2. The maximum Gasteiger partial charge on any atom is 0.255 e. The fraction of sp³-hybridized carbons (Fsp3) is 0.0286. The summed E-state index contributed by atoms with van der Waals surface area (Å²) in [5.41, 5.74) is 5.48. The van der Waals surface area contributed by atoms with E-state index >= 15 is 0 Å². The van der Waals surface area contributed by atoms with Gasteiger partial charge in [0.15, 0.2) is 21.7 Å². The third-order valence-electron chi connectivity index (χ3n) is 14.8. The number of benzene rings is 10. The molecule has 0 radical (unpaired) electrons. The Labute approximate surface area is 524 Å². The highest BCUT2D eigenvalue weighted by Gasteiger charge is 2.18. The average Bonchev–Trinajstić information content (AvgIpc) is 0.896. The fourth-order valence-corrected chi connectivity index (χ4v) is 14.7. The third-order valence-corrected chi connectivity index (χ3v) is 19.8. The molecule has 0 aliphatic carbocycles. The van der Waals surface area contributed by atoms with Crippen molar-refractivity contribution in [2.24, 2.45) is 0 Å². The van der Waals surface area contributed by atoms with Crippen molar-refractivity contribution in [2.75, 3.05) is 21.3 Å². The summed E-state index contributed by atoms with van der Waals surface area (Å²) in [4.78, 5) is 106. The fourth-order valence-electron chi connectivity index (χ4n) is 10.1. The molecule has 4 aromatic heterocycles. The molecule has 4 N–H and O–H groups in total. The predicted molar refractivity (Wildman–Crippen MR) is 367 cm³/mol. The molecule has 0 bridgehead atoms. The summed E-state index contributed by atoms with van der Waals surface area (Å²) >= 11 is 17.5. The molecule has 0 aliphatic heterocycles. The Balaban J connectivity index is 0.000000162. The van der Waals surface area contributed by atoms with E-state index in [4.69, 9.17) is 23.2 Å². The number of hydrogen-bond donors (Lipinski definition) is 4. The van der Waals surface area contributed by atoms with Gasteiger partial charge >= 0.3 is 0 Å². The van der Waals surface area contributed by atoms with Gasteiger partial charge in [0, 0.05) is 136 Å². The number of hydrogen-bond acceptors (Lipinski definition) is 12. The zero-order valence-electron chi connectivity index (χ0n) is 46.1. The van der Waals surface area contributed by atoms with Crippen LogP contribution in [-0.2, 0) is 0 Å². The van der Waals surface area contributed by atoms with Crippen LogP contribution in [0.2, 0.25) is 10.0 Å². The molecule has 0 saturated heterocycles. The Kier molecular flexibility index (Phi) is 15.3. The van der Waals surface area contributed by atoms with Gasteiger partial charge in [-0.1, -0.05) is 58.6 Å². The largest absolute Gasteiger partial charge is 0.322 e. The number of halogens is 2. The van der Waals surface area contributed by atoms with E-state index < -0.39 is 0 Å². The van der Waals surface area contributed by atoms with Crippen molar-refractivity contribution in [1.82, 2.24) is 0 Å². The van der Waals surface area contributed by atoms with E-state index in [1.807, 2.05) is 50.2 Å². The predicted octanol–water partition coefficient (Wildman–Crippen LogP) is 17.2. The minimum absolute atomic E-state index is 0.156. The molecule has 0 atom stereocenters. The summed E-state index contributed by atoms with van der Waals surface area (Å²) in [6.45, 7) is 3.92. The highest BCUT2D eigenvalue weighted by molar-refractivity contribution is 7.26. The van der Waals surface area contributed by atoms with E-state index in [2.05, 4.69) is 21.3 Å². The molecule has 14 aromatic rings. The van der Waals surface area contributed by atoms with Gasteiger partial charge in [-0.15, -0.1) is 45.3 Å². The number of rotatable bonds is 8. The Morgan fingerprint density at radius 3 is 0.705 bits per heavy atom. The van der Waals surface area contributed by atoms with Gasteiger partial charge in [-0.25, -0.2) is 0 Å². The van der Waals surface area contributed by atoms with Crippen LogP contribution in [0.4, 0.5) is 22.7 Å². The molecule has 0 aliphatic rings. The number of anilines is 4. The lowest BCUT2D eigenvalue weighted by atomic mass is 10.1. The van der Waals surface area contributed by atoms with Crippen molar-refractivity contribution in [2.45, 2.75) is 13.8 Å². The van der Waals surface area contributed by atoms with Crippen LogP contribution < -0.4 is 43.0 Å². The van der Waals surface area contributed by atoms with Crippen LogP contribution in [0.25, 0.3) is 80.7 Å². The van der Waals surface area contributed by atoms with E-state index in [1.165, 1.54) is 45.3 Å². The first-order chi connectivity index (χ1) is 42.5. The summed E-state index contributed by atoms with van der Waals surface area (Å²) in [7, 11) is 0. The van der Waals surface area contributed by atoms with Gasteiger partial charge in [0.2, 0.25) is 0 Å². The number of fused-ring (bicyclic) bond motifs is 8. The number of nitrogens with one attached hydrogen (secondary N) is 4. The smallest absolute Gasteiger partial charge is 0.255 e. The van der Waals surface area contributed by atoms with Gasteiger partial charge in [0.05, 0.1) is 0 Å². The van der Waals surface area contributed by atoms with Crippen molar-refractivity contribution in [3.05, 3.63) is 278 Å². The molecular formula is C70H42Cl2N4O8S4. The highest BCUT2D eigenvalue weighted by Crippen LogP contribution is 2.36. The monoisotopic (exact) mass is 1260 g/mol. The third kappa shape index (κ3) is 11.4. The first-order valence-electron chi connectivity index (χ1n) is 27.2. The molecule has 10 aromatic carbocycles. The van der Waals surface area contributed by atoms with E-state index in [9.17, 15) is 38.4 Å². The lowest BCUT2D eigenvalue weighted by Crippen LogP contribution is -2.12. The molecule has 0 fully saturated rings. The molecule has 4 heterocycles.